The maximum Gasteiger partial charge on any atom is 0.309 e. The van der Waals surface area contributed by atoms with E-state index in [2.05, 4.69) is 0 Å². The van der Waals surface area contributed by atoms with E-state index in [1.54, 1.807) is 6.92 Å². The molecule has 0 bridgehead atoms. The quantitative estimate of drug-likeness (QED) is 0.745. The van der Waals surface area contributed by atoms with Crippen molar-refractivity contribution in [3.63, 3.8) is 0 Å². The Labute approximate surface area is 114 Å². The molecule has 1 saturated carbocycles. The van der Waals surface area contributed by atoms with E-state index in [0.29, 0.717) is 19.4 Å². The number of carbonyl (C=O) groups is 2. The van der Waals surface area contributed by atoms with Gasteiger partial charge >= 0.3 is 11.9 Å². The fourth-order valence-corrected chi connectivity index (χ4v) is 2.31. The Hall–Kier alpha value is -1.10. The van der Waals surface area contributed by atoms with Gasteiger partial charge < -0.3 is 14.6 Å². The van der Waals surface area contributed by atoms with E-state index in [1.807, 2.05) is 6.92 Å². The van der Waals surface area contributed by atoms with E-state index in [1.165, 1.54) is 0 Å². The van der Waals surface area contributed by atoms with Gasteiger partial charge in [0.2, 0.25) is 0 Å². The molecule has 19 heavy (non-hydrogen) atoms. The summed E-state index contributed by atoms with van der Waals surface area (Å²) in [7, 11) is 0. The molecule has 0 aromatic heterocycles. The van der Waals surface area contributed by atoms with Crippen molar-refractivity contribution in [3.8, 4) is 0 Å². The molecule has 1 N–H and O–H groups in total. The molecular weight excluding hydrogens is 248 g/mol. The zero-order chi connectivity index (χ0) is 14.3. The Morgan fingerprint density at radius 2 is 1.68 bits per heavy atom. The second-order valence-electron chi connectivity index (χ2n) is 5.14. The Morgan fingerprint density at radius 1 is 1.16 bits per heavy atom. The van der Waals surface area contributed by atoms with Gasteiger partial charge in [0.1, 0.15) is 6.61 Å². The third-order valence-electron chi connectivity index (χ3n) is 3.29. The number of hydrogen-bond acceptors (Lipinski definition) is 5. The molecular formula is C14H24O5. The number of aliphatic hydroxyl groups is 1. The van der Waals surface area contributed by atoms with Crippen LogP contribution in [0, 0.1) is 11.8 Å². The third kappa shape index (κ3) is 5.19. The highest BCUT2D eigenvalue weighted by Gasteiger charge is 2.37. The van der Waals surface area contributed by atoms with E-state index in [4.69, 9.17) is 14.6 Å². The van der Waals surface area contributed by atoms with Gasteiger partial charge in [0.05, 0.1) is 24.5 Å². The Balaban J connectivity index is 2.56. The van der Waals surface area contributed by atoms with Gasteiger partial charge in [0, 0.05) is 0 Å². The number of aliphatic hydroxyl groups excluding tert-OH is 1. The lowest BCUT2D eigenvalue weighted by Crippen LogP contribution is -2.35. The van der Waals surface area contributed by atoms with Crippen molar-refractivity contribution in [1.82, 2.24) is 0 Å². The van der Waals surface area contributed by atoms with Gasteiger partial charge in [-0.1, -0.05) is 19.8 Å². The molecule has 1 fully saturated rings. The summed E-state index contributed by atoms with van der Waals surface area (Å²) in [5.41, 5.74) is 0. The van der Waals surface area contributed by atoms with Gasteiger partial charge in [0.25, 0.3) is 0 Å². The fraction of sp³-hybridized carbons (Fsp3) is 0.857. The van der Waals surface area contributed by atoms with Crippen molar-refractivity contribution in [2.75, 3.05) is 13.2 Å². The van der Waals surface area contributed by atoms with Crippen LogP contribution in [0.3, 0.4) is 0 Å². The van der Waals surface area contributed by atoms with Crippen LogP contribution >= 0.6 is 0 Å². The lowest BCUT2D eigenvalue weighted by Gasteiger charge is -2.28. The monoisotopic (exact) mass is 272 g/mol. The largest absolute Gasteiger partial charge is 0.465 e. The summed E-state index contributed by atoms with van der Waals surface area (Å²) in [6, 6.07) is 0. The zero-order valence-electron chi connectivity index (χ0n) is 11.8. The van der Waals surface area contributed by atoms with Gasteiger partial charge in [-0.05, 0) is 26.2 Å². The first-order valence-electron chi connectivity index (χ1n) is 7.07. The SMILES string of the molecule is CCCOC(=O)C1CCCCC1C(=O)OCC(C)O. The minimum absolute atomic E-state index is 0.0218. The van der Waals surface area contributed by atoms with Crippen LogP contribution < -0.4 is 0 Å². The number of carbonyl (C=O) groups excluding carboxylic acids is 2. The highest BCUT2D eigenvalue weighted by molar-refractivity contribution is 5.82. The van der Waals surface area contributed by atoms with E-state index in [-0.39, 0.29) is 24.5 Å². The van der Waals surface area contributed by atoms with Crippen molar-refractivity contribution < 1.29 is 24.2 Å². The maximum absolute atomic E-state index is 12.0. The molecule has 0 aromatic rings. The lowest BCUT2D eigenvalue weighted by atomic mass is 9.79. The van der Waals surface area contributed by atoms with Crippen molar-refractivity contribution in [2.24, 2.45) is 11.8 Å². The van der Waals surface area contributed by atoms with Crippen LogP contribution in [0.2, 0.25) is 0 Å². The van der Waals surface area contributed by atoms with Crippen LogP contribution in [0.25, 0.3) is 0 Å². The molecule has 0 radical (unpaired) electrons. The molecule has 3 atom stereocenters. The summed E-state index contributed by atoms with van der Waals surface area (Å²) < 4.78 is 10.2. The van der Waals surface area contributed by atoms with E-state index in [0.717, 1.165) is 19.3 Å². The smallest absolute Gasteiger partial charge is 0.309 e. The van der Waals surface area contributed by atoms with Crippen LogP contribution in [0.4, 0.5) is 0 Å². The molecule has 110 valence electrons. The van der Waals surface area contributed by atoms with Crippen molar-refractivity contribution in [3.05, 3.63) is 0 Å². The number of rotatable bonds is 6. The Bertz CT molecular complexity index is 300. The molecule has 3 unspecified atom stereocenters. The summed E-state index contributed by atoms with van der Waals surface area (Å²) in [5, 5.41) is 9.12. The summed E-state index contributed by atoms with van der Waals surface area (Å²) in [5.74, 6) is -1.49. The van der Waals surface area contributed by atoms with Gasteiger partial charge in [-0.2, -0.15) is 0 Å². The topological polar surface area (TPSA) is 72.8 Å². The molecule has 0 saturated heterocycles. The van der Waals surface area contributed by atoms with Crippen molar-refractivity contribution in [1.29, 1.82) is 0 Å². The predicted octanol–water partition coefficient (Wildman–Crippen LogP) is 1.67. The normalized spacial score (nSPS) is 24.6. The number of ether oxygens (including phenoxy) is 2. The second-order valence-corrected chi connectivity index (χ2v) is 5.14. The van der Waals surface area contributed by atoms with Gasteiger partial charge in [-0.3, -0.25) is 9.59 Å². The summed E-state index contributed by atoms with van der Waals surface area (Å²) in [6.07, 6.45) is 3.29. The van der Waals surface area contributed by atoms with Crippen LogP contribution in [0.15, 0.2) is 0 Å². The molecule has 0 aliphatic heterocycles. The summed E-state index contributed by atoms with van der Waals surface area (Å²) in [6.45, 7) is 3.86. The van der Waals surface area contributed by atoms with Gasteiger partial charge in [-0.15, -0.1) is 0 Å². The van der Waals surface area contributed by atoms with Crippen LogP contribution in [0.1, 0.15) is 46.0 Å². The van der Waals surface area contributed by atoms with Crippen molar-refractivity contribution in [2.45, 2.75) is 52.1 Å². The van der Waals surface area contributed by atoms with Crippen LogP contribution in [0.5, 0.6) is 0 Å². The van der Waals surface area contributed by atoms with Gasteiger partial charge in [-0.25, -0.2) is 0 Å². The molecule has 1 aliphatic rings. The highest BCUT2D eigenvalue weighted by atomic mass is 16.5. The number of hydrogen-bond donors (Lipinski definition) is 1. The first kappa shape index (κ1) is 16.0. The lowest BCUT2D eigenvalue weighted by molar-refractivity contribution is -0.164. The molecule has 0 spiro atoms. The van der Waals surface area contributed by atoms with E-state index in [9.17, 15) is 9.59 Å². The fourth-order valence-electron chi connectivity index (χ4n) is 2.31. The Morgan fingerprint density at radius 3 is 2.16 bits per heavy atom. The minimum Gasteiger partial charge on any atom is -0.465 e. The van der Waals surface area contributed by atoms with Gasteiger partial charge in [0.15, 0.2) is 0 Å². The van der Waals surface area contributed by atoms with Crippen LogP contribution in [-0.4, -0.2) is 36.4 Å². The summed E-state index contributed by atoms with van der Waals surface area (Å²) in [4.78, 5) is 23.9. The molecule has 1 rings (SSSR count). The molecule has 5 heteroatoms. The maximum atomic E-state index is 12.0. The second kappa shape index (κ2) is 8.15. The van der Waals surface area contributed by atoms with E-state index >= 15 is 0 Å². The minimum atomic E-state index is -0.682. The molecule has 0 aromatic carbocycles. The summed E-state index contributed by atoms with van der Waals surface area (Å²) >= 11 is 0. The highest BCUT2D eigenvalue weighted by Crippen LogP contribution is 2.32. The average Bonchev–Trinajstić information content (AvgIpc) is 2.42. The first-order valence-corrected chi connectivity index (χ1v) is 7.07. The zero-order valence-corrected chi connectivity index (χ0v) is 11.8. The predicted molar refractivity (Wildman–Crippen MR) is 69.3 cm³/mol. The number of esters is 2. The average molecular weight is 272 g/mol. The van der Waals surface area contributed by atoms with Crippen LogP contribution in [-0.2, 0) is 19.1 Å². The Kier molecular flexibility index (Phi) is 6.84. The van der Waals surface area contributed by atoms with E-state index < -0.39 is 12.0 Å². The molecule has 0 amide bonds. The molecule has 5 nitrogen and oxygen atoms in total. The first-order chi connectivity index (χ1) is 9.06. The molecule has 1 aliphatic carbocycles. The molecule has 0 heterocycles. The van der Waals surface area contributed by atoms with Crippen molar-refractivity contribution >= 4 is 11.9 Å². The standard InChI is InChI=1S/C14H24O5/c1-3-8-18-13(16)11-6-4-5-7-12(11)14(17)19-9-10(2)15/h10-12,15H,3-9H2,1-2H3. The third-order valence-corrected chi connectivity index (χ3v) is 3.29.